The van der Waals surface area contributed by atoms with Crippen LogP contribution >= 0.6 is 0 Å². The summed E-state index contributed by atoms with van der Waals surface area (Å²) >= 11 is 0. The van der Waals surface area contributed by atoms with Crippen molar-refractivity contribution in [3.05, 3.63) is 59.7 Å². The van der Waals surface area contributed by atoms with Crippen molar-refractivity contribution in [1.29, 1.82) is 0 Å². The molecule has 25 heavy (non-hydrogen) atoms. The number of hydrogen-bond donors (Lipinski definition) is 0. The van der Waals surface area contributed by atoms with E-state index >= 15 is 0 Å². The van der Waals surface area contributed by atoms with Crippen molar-refractivity contribution in [3.8, 4) is 11.5 Å². The van der Waals surface area contributed by atoms with Crippen LogP contribution in [0.2, 0.25) is 0 Å². The highest BCUT2D eigenvalue weighted by molar-refractivity contribution is 5.91. The van der Waals surface area contributed by atoms with Crippen molar-refractivity contribution in [2.75, 3.05) is 6.61 Å². The summed E-state index contributed by atoms with van der Waals surface area (Å²) in [7, 11) is 0. The molecule has 0 heterocycles. The number of alkyl halides is 3. The summed E-state index contributed by atoms with van der Waals surface area (Å²) in [6.45, 7) is 2.72. The van der Waals surface area contributed by atoms with Crippen molar-refractivity contribution in [1.82, 2.24) is 0 Å². The normalized spacial score (nSPS) is 11.2. The Morgan fingerprint density at radius 2 is 1.52 bits per heavy atom. The molecule has 0 radical (unpaired) electrons. The van der Waals surface area contributed by atoms with Crippen LogP contribution in [0.1, 0.15) is 42.1 Å². The Hall–Kier alpha value is -2.50. The zero-order valence-corrected chi connectivity index (χ0v) is 13.8. The molecule has 0 spiro atoms. The Bertz CT molecular complexity index is 677. The third kappa shape index (κ3) is 5.81. The summed E-state index contributed by atoms with van der Waals surface area (Å²) < 4.78 is 48.1. The molecular weight excluding hydrogens is 333 g/mol. The van der Waals surface area contributed by atoms with Crippen LogP contribution in [0.3, 0.4) is 0 Å². The van der Waals surface area contributed by atoms with Crippen LogP contribution in [0.4, 0.5) is 13.2 Å². The molecule has 0 aliphatic heterocycles. The van der Waals surface area contributed by atoms with Gasteiger partial charge in [0, 0.05) is 0 Å². The Morgan fingerprint density at radius 3 is 2.08 bits per heavy atom. The molecule has 2 aromatic rings. The minimum absolute atomic E-state index is 0.0536. The molecular formula is C19H19F3O3. The molecule has 0 unspecified atom stereocenters. The second-order valence-corrected chi connectivity index (χ2v) is 5.49. The lowest BCUT2D eigenvalue weighted by atomic mass is 10.2. The summed E-state index contributed by atoms with van der Waals surface area (Å²) in [4.78, 5) is 12.0. The molecule has 0 bridgehead atoms. The van der Waals surface area contributed by atoms with Gasteiger partial charge in [-0.2, -0.15) is 13.2 Å². The van der Waals surface area contributed by atoms with Gasteiger partial charge in [-0.15, -0.1) is 0 Å². The van der Waals surface area contributed by atoms with E-state index in [9.17, 15) is 18.0 Å². The van der Waals surface area contributed by atoms with E-state index in [4.69, 9.17) is 9.47 Å². The van der Waals surface area contributed by atoms with Crippen LogP contribution in [-0.4, -0.2) is 12.6 Å². The molecule has 0 fully saturated rings. The first-order valence-corrected chi connectivity index (χ1v) is 8.02. The van der Waals surface area contributed by atoms with E-state index in [-0.39, 0.29) is 5.75 Å². The number of ether oxygens (including phenoxy) is 2. The zero-order chi connectivity index (χ0) is 18.3. The smallest absolute Gasteiger partial charge is 0.416 e. The SMILES string of the molecule is CCCCCOc1ccc(C(=O)Oc2ccc(C(F)(F)F)cc2)cc1. The number of unbranched alkanes of at least 4 members (excludes halogenated alkanes) is 2. The molecule has 0 aromatic heterocycles. The zero-order valence-electron chi connectivity index (χ0n) is 13.8. The highest BCUT2D eigenvalue weighted by Crippen LogP contribution is 2.30. The fourth-order valence-electron chi connectivity index (χ4n) is 2.11. The topological polar surface area (TPSA) is 35.5 Å². The van der Waals surface area contributed by atoms with Crippen molar-refractivity contribution >= 4 is 5.97 Å². The van der Waals surface area contributed by atoms with Crippen LogP contribution < -0.4 is 9.47 Å². The van der Waals surface area contributed by atoms with Crippen molar-refractivity contribution < 1.29 is 27.4 Å². The van der Waals surface area contributed by atoms with E-state index in [2.05, 4.69) is 6.92 Å². The van der Waals surface area contributed by atoms with Gasteiger partial charge in [0.25, 0.3) is 0 Å². The second kappa shape index (κ2) is 8.55. The maximum absolute atomic E-state index is 12.5. The van der Waals surface area contributed by atoms with Crippen LogP contribution in [0.25, 0.3) is 0 Å². The summed E-state index contributed by atoms with van der Waals surface area (Å²) in [6, 6.07) is 10.4. The van der Waals surface area contributed by atoms with Gasteiger partial charge in [0.2, 0.25) is 0 Å². The summed E-state index contributed by atoms with van der Waals surface area (Å²) in [5, 5.41) is 0. The quantitative estimate of drug-likeness (QED) is 0.375. The van der Waals surface area contributed by atoms with Gasteiger partial charge in [0.15, 0.2) is 0 Å². The van der Waals surface area contributed by atoms with Gasteiger partial charge < -0.3 is 9.47 Å². The fourth-order valence-corrected chi connectivity index (χ4v) is 2.11. The number of benzene rings is 2. The van der Waals surface area contributed by atoms with Crippen LogP contribution in [0, 0.1) is 0 Å². The number of halogens is 3. The summed E-state index contributed by atoms with van der Waals surface area (Å²) in [5.41, 5.74) is -0.502. The van der Waals surface area contributed by atoms with Gasteiger partial charge >= 0.3 is 12.1 Å². The van der Waals surface area contributed by atoms with Gasteiger partial charge in [0.1, 0.15) is 11.5 Å². The molecule has 6 heteroatoms. The summed E-state index contributed by atoms with van der Waals surface area (Å²) in [5.74, 6) is 0.0670. The molecule has 134 valence electrons. The van der Waals surface area contributed by atoms with Gasteiger partial charge in [-0.1, -0.05) is 19.8 Å². The Labute approximate surface area is 144 Å². The maximum Gasteiger partial charge on any atom is 0.416 e. The van der Waals surface area contributed by atoms with Gasteiger partial charge in [-0.25, -0.2) is 4.79 Å². The van der Waals surface area contributed by atoms with E-state index in [1.807, 2.05) is 0 Å². The third-order valence-corrected chi connectivity index (χ3v) is 3.50. The van der Waals surface area contributed by atoms with Crippen molar-refractivity contribution in [3.63, 3.8) is 0 Å². The monoisotopic (exact) mass is 352 g/mol. The molecule has 2 rings (SSSR count). The molecule has 3 nitrogen and oxygen atoms in total. The van der Waals surface area contributed by atoms with Gasteiger partial charge in [-0.3, -0.25) is 0 Å². The first-order valence-electron chi connectivity index (χ1n) is 8.02. The molecule has 0 saturated heterocycles. The van der Waals surface area contributed by atoms with Crippen LogP contribution in [0.5, 0.6) is 11.5 Å². The Kier molecular flexibility index (Phi) is 6.44. The summed E-state index contributed by atoms with van der Waals surface area (Å²) in [6.07, 6.45) is -1.25. The Morgan fingerprint density at radius 1 is 0.920 bits per heavy atom. The van der Waals surface area contributed by atoms with E-state index < -0.39 is 17.7 Å². The molecule has 2 aromatic carbocycles. The van der Waals surface area contributed by atoms with Crippen molar-refractivity contribution in [2.24, 2.45) is 0 Å². The lowest BCUT2D eigenvalue weighted by molar-refractivity contribution is -0.137. The number of carbonyl (C=O) groups is 1. The molecule has 0 atom stereocenters. The molecule has 0 aliphatic carbocycles. The predicted molar refractivity (Wildman–Crippen MR) is 87.9 cm³/mol. The van der Waals surface area contributed by atoms with Crippen LogP contribution in [0.15, 0.2) is 48.5 Å². The van der Waals surface area contributed by atoms with E-state index in [0.717, 1.165) is 43.5 Å². The average Bonchev–Trinajstić information content (AvgIpc) is 2.59. The third-order valence-electron chi connectivity index (χ3n) is 3.50. The molecule has 0 N–H and O–H groups in total. The number of carbonyl (C=O) groups excluding carboxylic acids is 1. The second-order valence-electron chi connectivity index (χ2n) is 5.49. The van der Waals surface area contributed by atoms with E-state index in [1.165, 1.54) is 0 Å². The average molecular weight is 352 g/mol. The number of rotatable bonds is 7. The van der Waals surface area contributed by atoms with Gasteiger partial charge in [0.05, 0.1) is 17.7 Å². The fraction of sp³-hybridized carbons (Fsp3) is 0.316. The molecule has 0 aliphatic rings. The van der Waals surface area contributed by atoms with Crippen LogP contribution in [-0.2, 0) is 6.18 Å². The number of esters is 1. The molecule has 0 saturated carbocycles. The van der Waals surface area contributed by atoms with Gasteiger partial charge in [-0.05, 0) is 55.0 Å². The van der Waals surface area contributed by atoms with E-state index in [0.29, 0.717) is 17.9 Å². The highest BCUT2D eigenvalue weighted by atomic mass is 19.4. The minimum Gasteiger partial charge on any atom is -0.494 e. The maximum atomic E-state index is 12.5. The number of hydrogen-bond acceptors (Lipinski definition) is 3. The Balaban J connectivity index is 1.92. The minimum atomic E-state index is -4.42. The lowest BCUT2D eigenvalue weighted by Crippen LogP contribution is -2.09. The molecule has 0 amide bonds. The van der Waals surface area contributed by atoms with E-state index in [1.54, 1.807) is 24.3 Å². The lowest BCUT2D eigenvalue weighted by Gasteiger charge is -2.09. The highest BCUT2D eigenvalue weighted by Gasteiger charge is 2.30. The largest absolute Gasteiger partial charge is 0.494 e. The standard InChI is InChI=1S/C19H19F3O3/c1-2-3-4-13-24-16-9-5-14(6-10-16)18(23)25-17-11-7-15(8-12-17)19(20,21)22/h5-12H,2-4,13H2,1H3. The first-order chi connectivity index (χ1) is 11.9. The first kappa shape index (κ1) is 18.8. The van der Waals surface area contributed by atoms with Crippen molar-refractivity contribution in [2.45, 2.75) is 32.4 Å². The predicted octanol–water partition coefficient (Wildman–Crippen LogP) is 5.49.